The van der Waals surface area contributed by atoms with E-state index in [0.29, 0.717) is 37.4 Å². The topological polar surface area (TPSA) is 73.8 Å². The van der Waals surface area contributed by atoms with E-state index in [2.05, 4.69) is 10.6 Å². The highest BCUT2D eigenvalue weighted by molar-refractivity contribution is 5.87. The van der Waals surface area contributed by atoms with Gasteiger partial charge in [0.2, 0.25) is 5.91 Å². The number of carbonyl (C=O) groups excluding carboxylic acids is 1. The number of amides is 1. The number of aliphatic hydroxyl groups excluding tert-OH is 1. The molecular formula is C17H24FN3O3. The summed E-state index contributed by atoms with van der Waals surface area (Å²) in [6.45, 7) is 3.69. The van der Waals surface area contributed by atoms with Gasteiger partial charge < -0.3 is 20.5 Å². The van der Waals surface area contributed by atoms with Gasteiger partial charge in [-0.3, -0.25) is 9.69 Å². The zero-order valence-corrected chi connectivity index (χ0v) is 14.1. The van der Waals surface area contributed by atoms with Crippen molar-refractivity contribution in [2.24, 2.45) is 0 Å². The molecule has 7 heteroatoms. The summed E-state index contributed by atoms with van der Waals surface area (Å²) in [5, 5.41) is 15.7. The second-order valence-corrected chi connectivity index (χ2v) is 6.75. The van der Waals surface area contributed by atoms with Crippen molar-refractivity contribution >= 4 is 11.6 Å². The zero-order chi connectivity index (χ0) is 17.3. The van der Waals surface area contributed by atoms with Crippen LogP contribution in [0.3, 0.4) is 0 Å². The molecule has 0 aromatic heterocycles. The molecule has 2 unspecified atom stereocenters. The molecule has 0 saturated carbocycles. The van der Waals surface area contributed by atoms with E-state index in [1.54, 1.807) is 0 Å². The second kappa shape index (κ2) is 6.66. The van der Waals surface area contributed by atoms with Gasteiger partial charge >= 0.3 is 0 Å². The Morgan fingerprint density at radius 1 is 1.58 bits per heavy atom. The van der Waals surface area contributed by atoms with Gasteiger partial charge in [0.1, 0.15) is 11.9 Å². The third-order valence-corrected chi connectivity index (χ3v) is 5.03. The van der Waals surface area contributed by atoms with Crippen molar-refractivity contribution in [3.8, 4) is 0 Å². The van der Waals surface area contributed by atoms with Crippen LogP contribution in [0.4, 0.5) is 10.1 Å². The van der Waals surface area contributed by atoms with Crippen molar-refractivity contribution in [1.29, 1.82) is 0 Å². The summed E-state index contributed by atoms with van der Waals surface area (Å²) in [4.78, 5) is 14.5. The van der Waals surface area contributed by atoms with Crippen molar-refractivity contribution in [3.63, 3.8) is 0 Å². The molecule has 1 fully saturated rings. The fraction of sp³-hybridized carbons (Fsp3) is 0.588. The number of morpholine rings is 1. The Hall–Kier alpha value is -1.70. The minimum absolute atomic E-state index is 0.101. The largest absolute Gasteiger partial charge is 0.394 e. The van der Waals surface area contributed by atoms with Gasteiger partial charge in [0, 0.05) is 30.8 Å². The lowest BCUT2D eigenvalue weighted by molar-refractivity contribution is -0.124. The summed E-state index contributed by atoms with van der Waals surface area (Å²) in [5.74, 6) is -0.477. The van der Waals surface area contributed by atoms with E-state index in [0.717, 1.165) is 5.56 Å². The molecule has 132 valence electrons. The maximum Gasteiger partial charge on any atom is 0.242 e. The Balaban J connectivity index is 1.63. The quantitative estimate of drug-likeness (QED) is 0.736. The van der Waals surface area contributed by atoms with E-state index < -0.39 is 11.6 Å². The zero-order valence-electron chi connectivity index (χ0n) is 14.1. The molecule has 1 saturated heterocycles. The molecule has 2 aliphatic rings. The lowest BCUT2D eigenvalue weighted by atomic mass is 9.98. The van der Waals surface area contributed by atoms with Gasteiger partial charge in [-0.15, -0.1) is 0 Å². The van der Waals surface area contributed by atoms with Crippen LogP contribution in [0.1, 0.15) is 11.1 Å². The number of aryl methyl sites for hydroxylation is 1. The van der Waals surface area contributed by atoms with Gasteiger partial charge in [-0.2, -0.15) is 0 Å². The van der Waals surface area contributed by atoms with Crippen molar-refractivity contribution in [2.45, 2.75) is 24.9 Å². The highest BCUT2D eigenvalue weighted by atomic mass is 19.1. The van der Waals surface area contributed by atoms with Gasteiger partial charge in [-0.25, -0.2) is 4.39 Å². The third kappa shape index (κ3) is 3.11. The Morgan fingerprint density at radius 2 is 2.38 bits per heavy atom. The summed E-state index contributed by atoms with van der Waals surface area (Å²) < 4.78 is 19.5. The van der Waals surface area contributed by atoms with Crippen molar-refractivity contribution in [1.82, 2.24) is 10.2 Å². The van der Waals surface area contributed by atoms with Crippen molar-refractivity contribution in [3.05, 3.63) is 29.1 Å². The predicted octanol–water partition coefficient (Wildman–Crippen LogP) is 0.280. The van der Waals surface area contributed by atoms with Crippen molar-refractivity contribution < 1.29 is 19.0 Å². The van der Waals surface area contributed by atoms with Crippen LogP contribution in [0, 0.1) is 12.7 Å². The Kier molecular flexibility index (Phi) is 4.76. The standard InChI is InChI=1S/C17H24FN3O3/c1-11-5-13(18)12-7-15(20-14(12)6-11)16(23)19-8-17(9-22)10-24-4-3-21(17)2/h5-6,15,20,22H,3-4,7-10H2,1-2H3,(H,19,23). The number of anilines is 1. The Morgan fingerprint density at radius 3 is 3.08 bits per heavy atom. The number of benzene rings is 1. The smallest absolute Gasteiger partial charge is 0.242 e. The number of ether oxygens (including phenoxy) is 1. The average molecular weight is 337 g/mol. The van der Waals surface area contributed by atoms with Crippen LogP contribution in [0.25, 0.3) is 0 Å². The molecule has 1 aromatic rings. The maximum absolute atomic E-state index is 14.0. The van der Waals surface area contributed by atoms with E-state index in [9.17, 15) is 14.3 Å². The molecule has 1 amide bonds. The summed E-state index contributed by atoms with van der Waals surface area (Å²) >= 11 is 0. The van der Waals surface area contributed by atoms with Crippen LogP contribution in [0.2, 0.25) is 0 Å². The second-order valence-electron chi connectivity index (χ2n) is 6.75. The Labute approximate surface area is 141 Å². The molecule has 2 atom stereocenters. The molecule has 1 aromatic carbocycles. The summed E-state index contributed by atoms with van der Waals surface area (Å²) in [7, 11) is 1.91. The molecular weight excluding hydrogens is 313 g/mol. The highest BCUT2D eigenvalue weighted by Crippen LogP contribution is 2.29. The number of likely N-dealkylation sites (N-methyl/N-ethyl adjacent to an activating group) is 1. The summed E-state index contributed by atoms with van der Waals surface area (Å²) in [6.07, 6.45) is 0.325. The van der Waals surface area contributed by atoms with Gasteiger partial charge in [0.15, 0.2) is 0 Å². The average Bonchev–Trinajstić information content (AvgIpc) is 2.98. The van der Waals surface area contributed by atoms with Crippen LogP contribution in [0.15, 0.2) is 12.1 Å². The first-order valence-corrected chi connectivity index (χ1v) is 8.18. The van der Waals surface area contributed by atoms with Crippen LogP contribution in [0.5, 0.6) is 0 Å². The maximum atomic E-state index is 14.0. The minimum atomic E-state index is -0.610. The highest BCUT2D eigenvalue weighted by Gasteiger charge is 2.38. The molecule has 6 nitrogen and oxygen atoms in total. The van der Waals surface area contributed by atoms with E-state index >= 15 is 0 Å². The van der Waals surface area contributed by atoms with Crippen LogP contribution < -0.4 is 10.6 Å². The van der Waals surface area contributed by atoms with Gasteiger partial charge in [0.05, 0.1) is 25.4 Å². The number of aliphatic hydroxyl groups is 1. The molecule has 3 rings (SSSR count). The number of halogens is 1. The number of rotatable bonds is 4. The molecule has 2 aliphatic heterocycles. The summed E-state index contributed by atoms with van der Waals surface area (Å²) in [6, 6.07) is 2.83. The van der Waals surface area contributed by atoms with Crippen LogP contribution >= 0.6 is 0 Å². The van der Waals surface area contributed by atoms with E-state index in [-0.39, 0.29) is 24.9 Å². The first-order chi connectivity index (χ1) is 11.4. The fourth-order valence-electron chi connectivity index (χ4n) is 3.30. The molecule has 0 radical (unpaired) electrons. The number of carbonyl (C=O) groups is 1. The number of hydrogen-bond acceptors (Lipinski definition) is 5. The van der Waals surface area contributed by atoms with Gasteiger partial charge in [-0.05, 0) is 31.7 Å². The SMILES string of the molecule is Cc1cc(F)c2c(c1)NC(C(=O)NCC1(CO)COCCN1C)C2. The number of fused-ring (bicyclic) bond motifs is 1. The molecule has 2 heterocycles. The first kappa shape index (κ1) is 17.1. The fourth-order valence-corrected chi connectivity index (χ4v) is 3.30. The molecule has 3 N–H and O–H groups in total. The molecule has 24 heavy (non-hydrogen) atoms. The minimum Gasteiger partial charge on any atom is -0.394 e. The molecule has 0 aliphatic carbocycles. The van der Waals surface area contributed by atoms with Crippen LogP contribution in [-0.4, -0.2) is 67.5 Å². The Bertz CT molecular complexity index is 640. The van der Waals surface area contributed by atoms with Crippen LogP contribution in [-0.2, 0) is 16.0 Å². The number of nitrogens with zero attached hydrogens (tertiary/aromatic N) is 1. The van der Waals surface area contributed by atoms with Crippen molar-refractivity contribution in [2.75, 3.05) is 45.3 Å². The lowest BCUT2D eigenvalue weighted by Crippen LogP contribution is -2.63. The van der Waals surface area contributed by atoms with E-state index in [1.807, 2.05) is 24.9 Å². The number of hydrogen-bond donors (Lipinski definition) is 3. The normalized spacial score (nSPS) is 26.8. The lowest BCUT2D eigenvalue weighted by Gasteiger charge is -2.43. The predicted molar refractivity (Wildman–Crippen MR) is 88.5 cm³/mol. The molecule has 0 spiro atoms. The third-order valence-electron chi connectivity index (χ3n) is 5.03. The summed E-state index contributed by atoms with van der Waals surface area (Å²) in [5.41, 5.74) is 1.44. The molecule has 0 bridgehead atoms. The van der Waals surface area contributed by atoms with E-state index in [1.165, 1.54) is 6.07 Å². The number of nitrogens with one attached hydrogen (secondary N) is 2. The first-order valence-electron chi connectivity index (χ1n) is 8.18. The van der Waals surface area contributed by atoms with E-state index in [4.69, 9.17) is 4.74 Å². The van der Waals surface area contributed by atoms with Gasteiger partial charge in [-0.1, -0.05) is 0 Å². The van der Waals surface area contributed by atoms with Gasteiger partial charge in [0.25, 0.3) is 0 Å². The monoisotopic (exact) mass is 337 g/mol.